The summed E-state index contributed by atoms with van der Waals surface area (Å²) in [4.78, 5) is 28.0. The van der Waals surface area contributed by atoms with E-state index in [1.54, 1.807) is 25.1 Å². The second kappa shape index (κ2) is 11.5. The van der Waals surface area contributed by atoms with Crippen LogP contribution in [0, 0.1) is 0 Å². The Hall–Kier alpha value is -3.13. The zero-order valence-corrected chi connectivity index (χ0v) is 21.2. The van der Waals surface area contributed by atoms with Gasteiger partial charge in [0.1, 0.15) is 16.7 Å². The maximum absolute atomic E-state index is 13.5. The summed E-state index contributed by atoms with van der Waals surface area (Å²) >= 11 is 12.9. The third-order valence-electron chi connectivity index (χ3n) is 5.25. The highest BCUT2D eigenvalue weighted by Gasteiger charge is 2.42. The predicted molar refractivity (Wildman–Crippen MR) is 143 cm³/mol. The number of benzene rings is 3. The first-order valence-corrected chi connectivity index (χ1v) is 12.5. The van der Waals surface area contributed by atoms with Gasteiger partial charge in [-0.1, -0.05) is 102 Å². The number of halogens is 1. The lowest BCUT2D eigenvalue weighted by molar-refractivity contribution is -0.151. The van der Waals surface area contributed by atoms with Crippen molar-refractivity contribution in [2.24, 2.45) is 0 Å². The molecule has 1 fully saturated rings. The van der Waals surface area contributed by atoms with E-state index in [9.17, 15) is 9.59 Å². The normalized spacial score (nSPS) is 15.4. The van der Waals surface area contributed by atoms with Crippen molar-refractivity contribution >= 4 is 57.9 Å². The Bertz CT molecular complexity index is 1280. The molecule has 1 saturated heterocycles. The number of amides is 1. The third-order valence-corrected chi connectivity index (χ3v) is 6.95. The van der Waals surface area contributed by atoms with Crippen LogP contribution in [0.1, 0.15) is 29.7 Å². The number of para-hydroxylation sites is 1. The molecule has 0 saturated carbocycles. The lowest BCUT2D eigenvalue weighted by Gasteiger charge is -2.25. The van der Waals surface area contributed by atoms with Crippen molar-refractivity contribution in [3.05, 3.63) is 105 Å². The van der Waals surface area contributed by atoms with E-state index in [-0.39, 0.29) is 23.4 Å². The number of hydrogen-bond acceptors (Lipinski definition) is 6. The van der Waals surface area contributed by atoms with Crippen molar-refractivity contribution < 1.29 is 19.1 Å². The molecule has 1 amide bonds. The highest BCUT2D eigenvalue weighted by molar-refractivity contribution is 8.26. The van der Waals surface area contributed by atoms with Gasteiger partial charge >= 0.3 is 5.97 Å². The number of thioether (sulfide) groups is 1. The summed E-state index contributed by atoms with van der Waals surface area (Å²) in [5.74, 6) is -0.287. The van der Waals surface area contributed by atoms with Crippen LogP contribution in [0.25, 0.3) is 6.08 Å². The van der Waals surface area contributed by atoms with Gasteiger partial charge < -0.3 is 9.47 Å². The Morgan fingerprint density at radius 3 is 2.49 bits per heavy atom. The van der Waals surface area contributed by atoms with Gasteiger partial charge in [0.15, 0.2) is 6.04 Å². The van der Waals surface area contributed by atoms with Crippen LogP contribution >= 0.6 is 35.6 Å². The second-order valence-electron chi connectivity index (χ2n) is 7.53. The molecule has 0 aliphatic carbocycles. The number of rotatable bonds is 8. The summed E-state index contributed by atoms with van der Waals surface area (Å²) in [6.07, 6.45) is 1.73. The van der Waals surface area contributed by atoms with E-state index in [4.69, 9.17) is 33.3 Å². The standard InChI is InChI=1S/C27H22ClNO4S2/c1-2-32-26(31)24(18-10-4-3-5-11-18)29-25(30)23(35-27(29)34)16-19-12-7-9-15-22(19)33-17-20-13-6-8-14-21(20)28/h3-16,24H,2,17H2,1H3/b23-16+. The molecular weight excluding hydrogens is 502 g/mol. The summed E-state index contributed by atoms with van der Waals surface area (Å²) in [5, 5.41) is 0.622. The van der Waals surface area contributed by atoms with Crippen molar-refractivity contribution in [2.75, 3.05) is 6.61 Å². The molecule has 0 N–H and O–H groups in total. The van der Waals surface area contributed by atoms with E-state index >= 15 is 0 Å². The predicted octanol–water partition coefficient (Wildman–Crippen LogP) is 6.42. The number of esters is 1. The van der Waals surface area contributed by atoms with Gasteiger partial charge in [0.05, 0.1) is 11.5 Å². The van der Waals surface area contributed by atoms with Crippen molar-refractivity contribution in [3.63, 3.8) is 0 Å². The van der Waals surface area contributed by atoms with Gasteiger partial charge in [-0.2, -0.15) is 0 Å². The topological polar surface area (TPSA) is 55.8 Å². The first kappa shape index (κ1) is 25.0. The maximum Gasteiger partial charge on any atom is 0.333 e. The molecule has 0 spiro atoms. The molecule has 8 heteroatoms. The minimum atomic E-state index is -0.957. The molecule has 0 radical (unpaired) electrons. The SMILES string of the molecule is CCOC(=O)C(c1ccccc1)N1C(=O)/C(=C\c2ccccc2OCc2ccccc2Cl)SC1=S. The molecule has 1 heterocycles. The van der Waals surface area contributed by atoms with Crippen LogP contribution in [0.5, 0.6) is 5.75 Å². The summed E-state index contributed by atoms with van der Waals surface area (Å²) < 4.78 is 11.6. The second-order valence-corrected chi connectivity index (χ2v) is 9.62. The van der Waals surface area contributed by atoms with Gasteiger partial charge in [0, 0.05) is 16.1 Å². The highest BCUT2D eigenvalue weighted by Crippen LogP contribution is 2.39. The van der Waals surface area contributed by atoms with E-state index < -0.39 is 12.0 Å². The fourth-order valence-electron chi connectivity index (χ4n) is 3.59. The number of carbonyl (C=O) groups excluding carboxylic acids is 2. The van der Waals surface area contributed by atoms with Gasteiger partial charge in [0.25, 0.3) is 5.91 Å². The molecule has 0 aromatic heterocycles. The van der Waals surface area contributed by atoms with Gasteiger partial charge in [-0.05, 0) is 30.7 Å². The van der Waals surface area contributed by atoms with E-state index in [2.05, 4.69) is 0 Å². The van der Waals surface area contributed by atoms with Crippen LogP contribution < -0.4 is 4.74 Å². The fourth-order valence-corrected chi connectivity index (χ4v) is 5.09. The molecular formula is C27H22ClNO4S2. The third kappa shape index (κ3) is 5.75. The minimum absolute atomic E-state index is 0.197. The number of thiocarbonyl (C=S) groups is 1. The number of hydrogen-bond donors (Lipinski definition) is 0. The van der Waals surface area contributed by atoms with Gasteiger partial charge in [0.2, 0.25) is 0 Å². The monoisotopic (exact) mass is 523 g/mol. The Morgan fingerprint density at radius 1 is 1.06 bits per heavy atom. The molecule has 35 heavy (non-hydrogen) atoms. The molecule has 5 nitrogen and oxygen atoms in total. The Balaban J connectivity index is 1.61. The van der Waals surface area contributed by atoms with Crippen LogP contribution in [0.3, 0.4) is 0 Å². The lowest BCUT2D eigenvalue weighted by Crippen LogP contribution is -2.38. The largest absolute Gasteiger partial charge is 0.488 e. The molecule has 0 bridgehead atoms. The highest BCUT2D eigenvalue weighted by atomic mass is 35.5. The van der Waals surface area contributed by atoms with Gasteiger partial charge in [-0.15, -0.1) is 0 Å². The molecule has 1 unspecified atom stereocenters. The summed E-state index contributed by atoms with van der Waals surface area (Å²) in [5.41, 5.74) is 2.20. The summed E-state index contributed by atoms with van der Waals surface area (Å²) in [6.45, 7) is 2.21. The summed E-state index contributed by atoms with van der Waals surface area (Å²) in [6, 6.07) is 22.9. The van der Waals surface area contributed by atoms with E-state index in [1.807, 2.05) is 66.7 Å². The average molecular weight is 524 g/mol. The number of nitrogens with zero attached hydrogens (tertiary/aromatic N) is 1. The zero-order valence-electron chi connectivity index (χ0n) is 18.8. The fraction of sp³-hybridized carbons (Fsp3) is 0.148. The van der Waals surface area contributed by atoms with Crippen molar-refractivity contribution in [1.82, 2.24) is 4.90 Å². The van der Waals surface area contributed by atoms with E-state index in [1.165, 1.54) is 4.90 Å². The van der Waals surface area contributed by atoms with Crippen LogP contribution in [0.2, 0.25) is 5.02 Å². The summed E-state index contributed by atoms with van der Waals surface area (Å²) in [7, 11) is 0. The molecule has 178 valence electrons. The van der Waals surface area contributed by atoms with Crippen LogP contribution in [-0.2, 0) is 20.9 Å². The van der Waals surface area contributed by atoms with E-state index in [0.717, 1.165) is 17.3 Å². The van der Waals surface area contributed by atoms with Crippen LogP contribution in [0.15, 0.2) is 83.8 Å². The zero-order chi connectivity index (χ0) is 24.8. The molecule has 3 aromatic carbocycles. The quantitative estimate of drug-likeness (QED) is 0.193. The Morgan fingerprint density at radius 2 is 1.74 bits per heavy atom. The number of ether oxygens (including phenoxy) is 2. The van der Waals surface area contributed by atoms with Crippen LogP contribution in [-0.4, -0.2) is 27.7 Å². The molecule has 4 rings (SSSR count). The van der Waals surface area contributed by atoms with Gasteiger partial charge in [-0.25, -0.2) is 4.79 Å². The lowest BCUT2D eigenvalue weighted by atomic mass is 10.1. The maximum atomic E-state index is 13.5. The Labute approximate surface area is 218 Å². The van der Waals surface area contributed by atoms with Crippen molar-refractivity contribution in [1.29, 1.82) is 0 Å². The number of carbonyl (C=O) groups is 2. The minimum Gasteiger partial charge on any atom is -0.488 e. The first-order chi connectivity index (χ1) is 17.0. The van der Waals surface area contributed by atoms with Crippen molar-refractivity contribution in [3.8, 4) is 5.75 Å². The molecule has 3 aromatic rings. The van der Waals surface area contributed by atoms with E-state index in [0.29, 0.717) is 26.8 Å². The smallest absolute Gasteiger partial charge is 0.333 e. The molecule has 1 aliphatic rings. The first-order valence-electron chi connectivity index (χ1n) is 10.9. The van der Waals surface area contributed by atoms with Crippen LogP contribution in [0.4, 0.5) is 0 Å². The molecule has 1 atom stereocenters. The van der Waals surface area contributed by atoms with Gasteiger partial charge in [-0.3, -0.25) is 9.69 Å². The van der Waals surface area contributed by atoms with Crippen molar-refractivity contribution in [2.45, 2.75) is 19.6 Å². The molecule has 1 aliphatic heterocycles. The average Bonchev–Trinajstić information content (AvgIpc) is 3.13. The Kier molecular flexibility index (Phi) is 8.23.